The van der Waals surface area contributed by atoms with Gasteiger partial charge >= 0.3 is 0 Å². The summed E-state index contributed by atoms with van der Waals surface area (Å²) in [4.78, 5) is 4.95. The van der Waals surface area contributed by atoms with Crippen LogP contribution >= 0.6 is 0 Å². The first-order chi connectivity index (χ1) is 7.44. The van der Waals surface area contributed by atoms with Crippen molar-refractivity contribution in [2.24, 2.45) is 11.1 Å². The fraction of sp³-hybridized carbons (Fsp3) is 1.00. The molecule has 0 bridgehead atoms. The zero-order chi connectivity index (χ0) is 12.2. The minimum absolute atomic E-state index is 0.320. The number of hydrogen-bond acceptors (Lipinski definition) is 3. The van der Waals surface area contributed by atoms with Gasteiger partial charge in [-0.25, -0.2) is 0 Å². The monoisotopic (exact) mass is 227 g/mol. The molecular weight excluding hydrogens is 198 g/mol. The van der Waals surface area contributed by atoms with Crippen LogP contribution in [-0.2, 0) is 0 Å². The molecule has 0 aromatic rings. The van der Waals surface area contributed by atoms with Crippen LogP contribution in [0.4, 0.5) is 0 Å². The summed E-state index contributed by atoms with van der Waals surface area (Å²) in [7, 11) is 4.37. The Hall–Kier alpha value is -0.120. The third-order valence-corrected chi connectivity index (χ3v) is 3.86. The molecule has 96 valence electrons. The van der Waals surface area contributed by atoms with Crippen LogP contribution in [0.25, 0.3) is 0 Å². The fourth-order valence-electron chi connectivity index (χ4n) is 2.32. The van der Waals surface area contributed by atoms with Gasteiger partial charge in [0, 0.05) is 12.6 Å². The Kier molecular flexibility index (Phi) is 5.22. The number of likely N-dealkylation sites (tertiary alicyclic amines) is 1. The molecule has 1 unspecified atom stereocenters. The first-order valence-corrected chi connectivity index (χ1v) is 6.53. The highest BCUT2D eigenvalue weighted by Gasteiger charge is 2.24. The van der Waals surface area contributed by atoms with Gasteiger partial charge in [-0.3, -0.25) is 0 Å². The molecule has 1 heterocycles. The van der Waals surface area contributed by atoms with Crippen LogP contribution in [0.1, 0.15) is 33.1 Å². The Labute approximate surface area is 101 Å². The number of nitrogens with zero attached hydrogens (tertiary/aromatic N) is 2. The Morgan fingerprint density at radius 3 is 2.56 bits per heavy atom. The van der Waals surface area contributed by atoms with Gasteiger partial charge in [0.05, 0.1) is 0 Å². The maximum Gasteiger partial charge on any atom is 0.0229 e. The highest BCUT2D eigenvalue weighted by atomic mass is 15.2. The van der Waals surface area contributed by atoms with Crippen molar-refractivity contribution in [3.63, 3.8) is 0 Å². The van der Waals surface area contributed by atoms with Gasteiger partial charge < -0.3 is 15.5 Å². The summed E-state index contributed by atoms with van der Waals surface area (Å²) in [5.41, 5.74) is 6.06. The van der Waals surface area contributed by atoms with Crippen molar-refractivity contribution in [3.8, 4) is 0 Å². The summed E-state index contributed by atoms with van der Waals surface area (Å²) in [5.74, 6) is 0. The largest absolute Gasteiger partial charge is 0.330 e. The molecule has 1 atom stereocenters. The Morgan fingerprint density at radius 1 is 1.38 bits per heavy atom. The summed E-state index contributed by atoms with van der Waals surface area (Å²) in [6.07, 6.45) is 3.85. The summed E-state index contributed by atoms with van der Waals surface area (Å²) < 4.78 is 0. The molecule has 0 aliphatic carbocycles. The topological polar surface area (TPSA) is 32.5 Å². The predicted molar refractivity (Wildman–Crippen MR) is 70.6 cm³/mol. The molecule has 0 radical (unpaired) electrons. The molecule has 3 nitrogen and oxygen atoms in total. The van der Waals surface area contributed by atoms with Crippen molar-refractivity contribution in [2.75, 3.05) is 40.3 Å². The minimum atomic E-state index is 0.320. The SMILES string of the molecule is CN(C)C1CCN(CCCC(C)(C)CN)C1. The highest BCUT2D eigenvalue weighted by Crippen LogP contribution is 2.21. The first kappa shape index (κ1) is 13.9. The van der Waals surface area contributed by atoms with Gasteiger partial charge in [0.25, 0.3) is 0 Å². The lowest BCUT2D eigenvalue weighted by atomic mass is 9.88. The molecule has 0 spiro atoms. The van der Waals surface area contributed by atoms with Gasteiger partial charge in [-0.05, 0) is 58.4 Å². The summed E-state index contributed by atoms with van der Waals surface area (Å²) in [6, 6.07) is 0.766. The highest BCUT2D eigenvalue weighted by molar-refractivity contribution is 4.81. The van der Waals surface area contributed by atoms with E-state index < -0.39 is 0 Å². The van der Waals surface area contributed by atoms with Crippen molar-refractivity contribution in [3.05, 3.63) is 0 Å². The number of nitrogens with two attached hydrogens (primary N) is 1. The maximum absolute atomic E-state index is 5.74. The molecule has 0 aromatic carbocycles. The number of rotatable bonds is 6. The third kappa shape index (κ3) is 4.40. The second kappa shape index (κ2) is 5.99. The van der Waals surface area contributed by atoms with Crippen LogP contribution in [0.2, 0.25) is 0 Å². The van der Waals surface area contributed by atoms with Crippen LogP contribution in [0.3, 0.4) is 0 Å². The van der Waals surface area contributed by atoms with E-state index in [4.69, 9.17) is 5.73 Å². The molecule has 1 fully saturated rings. The summed E-state index contributed by atoms with van der Waals surface area (Å²) >= 11 is 0. The van der Waals surface area contributed by atoms with E-state index in [1.807, 2.05) is 0 Å². The van der Waals surface area contributed by atoms with Crippen molar-refractivity contribution in [1.29, 1.82) is 0 Å². The molecule has 0 aromatic heterocycles. The maximum atomic E-state index is 5.74. The van der Waals surface area contributed by atoms with Crippen molar-refractivity contribution < 1.29 is 0 Å². The molecule has 1 rings (SSSR count). The first-order valence-electron chi connectivity index (χ1n) is 6.53. The minimum Gasteiger partial charge on any atom is -0.330 e. The van der Waals surface area contributed by atoms with Crippen LogP contribution < -0.4 is 5.73 Å². The second-order valence-electron chi connectivity index (χ2n) is 6.18. The smallest absolute Gasteiger partial charge is 0.0229 e. The van der Waals surface area contributed by atoms with Crippen LogP contribution in [-0.4, -0.2) is 56.1 Å². The molecule has 1 saturated heterocycles. The van der Waals surface area contributed by atoms with Crippen LogP contribution in [0, 0.1) is 5.41 Å². The average molecular weight is 227 g/mol. The average Bonchev–Trinajstić information content (AvgIpc) is 2.66. The number of likely N-dealkylation sites (N-methyl/N-ethyl adjacent to an activating group) is 1. The molecule has 16 heavy (non-hydrogen) atoms. The Morgan fingerprint density at radius 2 is 2.06 bits per heavy atom. The molecular formula is C13H29N3. The second-order valence-corrected chi connectivity index (χ2v) is 6.18. The molecule has 1 aliphatic heterocycles. The standard InChI is InChI=1S/C13H29N3/c1-13(2,11-14)7-5-8-16-9-6-12(10-16)15(3)4/h12H,5-11,14H2,1-4H3. The van der Waals surface area contributed by atoms with E-state index in [1.54, 1.807) is 0 Å². The summed E-state index contributed by atoms with van der Waals surface area (Å²) in [5, 5.41) is 0. The molecule has 0 saturated carbocycles. The lowest BCUT2D eigenvalue weighted by molar-refractivity contribution is 0.250. The van der Waals surface area contributed by atoms with Gasteiger partial charge in [-0.1, -0.05) is 13.8 Å². The van der Waals surface area contributed by atoms with Gasteiger partial charge in [-0.15, -0.1) is 0 Å². The fourth-order valence-corrected chi connectivity index (χ4v) is 2.32. The van der Waals surface area contributed by atoms with Gasteiger partial charge in [0.15, 0.2) is 0 Å². The zero-order valence-electron chi connectivity index (χ0n) is 11.5. The zero-order valence-corrected chi connectivity index (χ0v) is 11.5. The van der Waals surface area contributed by atoms with Crippen LogP contribution in [0.5, 0.6) is 0 Å². The molecule has 2 N–H and O–H groups in total. The van der Waals surface area contributed by atoms with Crippen molar-refractivity contribution in [1.82, 2.24) is 9.80 Å². The third-order valence-electron chi connectivity index (χ3n) is 3.86. The molecule has 1 aliphatic rings. The van der Waals surface area contributed by atoms with E-state index in [9.17, 15) is 0 Å². The normalized spacial score (nSPS) is 23.2. The lowest BCUT2D eigenvalue weighted by Crippen LogP contribution is -2.32. The summed E-state index contributed by atoms with van der Waals surface area (Å²) in [6.45, 7) is 9.09. The van der Waals surface area contributed by atoms with Gasteiger partial charge in [-0.2, -0.15) is 0 Å². The van der Waals surface area contributed by atoms with Gasteiger partial charge in [0.1, 0.15) is 0 Å². The van der Waals surface area contributed by atoms with Crippen molar-refractivity contribution in [2.45, 2.75) is 39.2 Å². The molecule has 3 heteroatoms. The molecule has 0 amide bonds. The Balaban J connectivity index is 2.16. The van der Waals surface area contributed by atoms with E-state index in [0.717, 1.165) is 12.6 Å². The van der Waals surface area contributed by atoms with E-state index in [2.05, 4.69) is 37.7 Å². The van der Waals surface area contributed by atoms with Crippen LogP contribution in [0.15, 0.2) is 0 Å². The van der Waals surface area contributed by atoms with Crippen molar-refractivity contribution >= 4 is 0 Å². The lowest BCUT2D eigenvalue weighted by Gasteiger charge is -2.24. The quantitative estimate of drug-likeness (QED) is 0.744. The van der Waals surface area contributed by atoms with E-state index in [1.165, 1.54) is 38.9 Å². The predicted octanol–water partition coefficient (Wildman–Crippen LogP) is 1.39. The van der Waals surface area contributed by atoms with E-state index in [-0.39, 0.29) is 0 Å². The Bertz CT molecular complexity index is 201. The van der Waals surface area contributed by atoms with E-state index in [0.29, 0.717) is 5.41 Å². The number of hydrogen-bond donors (Lipinski definition) is 1. The van der Waals surface area contributed by atoms with Gasteiger partial charge in [0.2, 0.25) is 0 Å². The van der Waals surface area contributed by atoms with E-state index >= 15 is 0 Å².